The van der Waals surface area contributed by atoms with Crippen molar-refractivity contribution < 1.29 is 22.5 Å². The first-order valence-electron chi connectivity index (χ1n) is 7.50. The van der Waals surface area contributed by atoms with E-state index in [0.717, 1.165) is 0 Å². The molecule has 1 aromatic carbocycles. The van der Waals surface area contributed by atoms with E-state index >= 15 is 0 Å². The number of carbonyl (C=O) groups excluding carboxylic acids is 1. The Kier molecular flexibility index (Phi) is 5.61. The number of anilines is 1. The van der Waals surface area contributed by atoms with Crippen molar-refractivity contribution in [2.75, 3.05) is 11.9 Å². The molecule has 1 amide bonds. The normalized spacial score (nSPS) is 12.6. The Morgan fingerprint density at radius 1 is 1.38 bits per heavy atom. The van der Waals surface area contributed by atoms with Crippen LogP contribution in [0.1, 0.15) is 25.2 Å². The van der Waals surface area contributed by atoms with Crippen molar-refractivity contribution in [3.63, 3.8) is 0 Å². The third-order valence-electron chi connectivity index (χ3n) is 3.42. The minimum atomic E-state index is -3.72. The van der Waals surface area contributed by atoms with Crippen LogP contribution in [0.5, 0.6) is 5.75 Å². The van der Waals surface area contributed by atoms with Gasteiger partial charge in [0.25, 0.3) is 0 Å². The predicted molar refractivity (Wildman–Crippen MR) is 89.6 cm³/mol. The van der Waals surface area contributed by atoms with E-state index in [2.05, 4.69) is 10.5 Å². The molecular formula is C16H20N2O5S. The summed E-state index contributed by atoms with van der Waals surface area (Å²) in [6.07, 6.45) is 0. The van der Waals surface area contributed by atoms with Crippen LogP contribution in [0.4, 0.5) is 5.82 Å². The van der Waals surface area contributed by atoms with E-state index in [9.17, 15) is 13.2 Å². The summed E-state index contributed by atoms with van der Waals surface area (Å²) < 4.78 is 35.3. The maximum Gasteiger partial charge on any atom is 0.243 e. The van der Waals surface area contributed by atoms with Crippen molar-refractivity contribution >= 4 is 21.6 Å². The van der Waals surface area contributed by atoms with Gasteiger partial charge in [0.2, 0.25) is 5.91 Å². The van der Waals surface area contributed by atoms with Gasteiger partial charge in [-0.25, -0.2) is 8.42 Å². The number of amides is 1. The molecule has 1 atom stereocenters. The van der Waals surface area contributed by atoms with E-state index in [1.807, 2.05) is 6.92 Å². The Balaban J connectivity index is 2.13. The number of carbonyl (C=O) groups is 1. The molecule has 7 nitrogen and oxygen atoms in total. The molecule has 0 saturated heterocycles. The Labute approximate surface area is 140 Å². The van der Waals surface area contributed by atoms with Gasteiger partial charge in [0.1, 0.15) is 16.8 Å². The first-order valence-corrected chi connectivity index (χ1v) is 9.21. The van der Waals surface area contributed by atoms with Crippen LogP contribution < -0.4 is 10.1 Å². The van der Waals surface area contributed by atoms with Crippen molar-refractivity contribution in [2.45, 2.75) is 31.8 Å². The highest BCUT2D eigenvalue weighted by Crippen LogP contribution is 2.22. The number of hydrogen-bond acceptors (Lipinski definition) is 6. The average molecular weight is 352 g/mol. The molecule has 0 aliphatic carbocycles. The second-order valence-electron chi connectivity index (χ2n) is 5.30. The van der Waals surface area contributed by atoms with Gasteiger partial charge in [-0.15, -0.1) is 0 Å². The fraction of sp³-hybridized carbons (Fsp3) is 0.375. The van der Waals surface area contributed by atoms with Gasteiger partial charge in [-0.3, -0.25) is 4.79 Å². The summed E-state index contributed by atoms with van der Waals surface area (Å²) in [4.78, 5) is 12.2. The molecule has 1 heterocycles. The van der Waals surface area contributed by atoms with Gasteiger partial charge in [-0.1, -0.05) is 23.4 Å². The third-order valence-corrected chi connectivity index (χ3v) is 5.42. The van der Waals surface area contributed by atoms with Crippen LogP contribution in [-0.4, -0.2) is 31.3 Å². The molecule has 0 spiro atoms. The third kappa shape index (κ3) is 4.35. The number of hydrogen-bond donors (Lipinski definition) is 1. The van der Waals surface area contributed by atoms with Gasteiger partial charge in [-0.05, 0) is 26.8 Å². The second kappa shape index (κ2) is 7.48. The fourth-order valence-electron chi connectivity index (χ4n) is 2.08. The topological polar surface area (TPSA) is 98.5 Å². The number of aromatic nitrogens is 1. The Bertz CT molecular complexity index is 813. The van der Waals surface area contributed by atoms with Crippen LogP contribution in [0.15, 0.2) is 34.9 Å². The summed E-state index contributed by atoms with van der Waals surface area (Å²) in [7, 11) is -3.72. The zero-order chi connectivity index (χ0) is 17.7. The number of para-hydroxylation sites is 1. The van der Waals surface area contributed by atoms with Gasteiger partial charge in [0.15, 0.2) is 15.7 Å². The first kappa shape index (κ1) is 18.0. The smallest absolute Gasteiger partial charge is 0.243 e. The molecule has 8 heteroatoms. The van der Waals surface area contributed by atoms with E-state index in [1.165, 1.54) is 13.0 Å². The highest BCUT2D eigenvalue weighted by molar-refractivity contribution is 7.92. The molecule has 130 valence electrons. The van der Waals surface area contributed by atoms with Crippen LogP contribution in [0.3, 0.4) is 0 Å². The quantitative estimate of drug-likeness (QED) is 0.821. The summed E-state index contributed by atoms with van der Waals surface area (Å²) in [5, 5.41) is 4.83. The predicted octanol–water partition coefficient (Wildman–Crippen LogP) is 2.32. The van der Waals surface area contributed by atoms with Crippen molar-refractivity contribution in [3.05, 3.63) is 41.7 Å². The van der Waals surface area contributed by atoms with Crippen molar-refractivity contribution in [3.8, 4) is 5.75 Å². The lowest BCUT2D eigenvalue weighted by atomic mass is 10.2. The maximum absolute atomic E-state index is 12.5. The molecule has 2 aromatic rings. The maximum atomic E-state index is 12.5. The lowest BCUT2D eigenvalue weighted by Crippen LogP contribution is -2.33. The van der Waals surface area contributed by atoms with Crippen LogP contribution in [-0.2, 0) is 20.4 Å². The lowest BCUT2D eigenvalue weighted by molar-refractivity contribution is -0.115. The molecule has 1 N–H and O–H groups in total. The van der Waals surface area contributed by atoms with Crippen molar-refractivity contribution in [2.24, 2.45) is 0 Å². The molecule has 0 radical (unpaired) electrons. The lowest BCUT2D eigenvalue weighted by Gasteiger charge is -2.14. The fourth-order valence-corrected chi connectivity index (χ4v) is 3.38. The van der Waals surface area contributed by atoms with Crippen molar-refractivity contribution in [1.29, 1.82) is 0 Å². The zero-order valence-electron chi connectivity index (χ0n) is 13.8. The number of benzene rings is 1. The Morgan fingerprint density at radius 3 is 2.71 bits per heavy atom. The number of nitrogens with one attached hydrogen (secondary N) is 1. The monoisotopic (exact) mass is 352 g/mol. The van der Waals surface area contributed by atoms with Crippen LogP contribution in [0.2, 0.25) is 0 Å². The average Bonchev–Trinajstić information content (AvgIpc) is 2.93. The van der Waals surface area contributed by atoms with Crippen LogP contribution in [0, 0.1) is 6.92 Å². The largest absolute Gasteiger partial charge is 0.494 e. The molecule has 1 unspecified atom stereocenters. The van der Waals surface area contributed by atoms with E-state index < -0.39 is 21.0 Å². The molecule has 0 saturated carbocycles. The summed E-state index contributed by atoms with van der Waals surface area (Å²) >= 11 is 0. The summed E-state index contributed by atoms with van der Waals surface area (Å²) in [6.45, 7) is 5.27. The van der Waals surface area contributed by atoms with E-state index in [0.29, 0.717) is 23.7 Å². The Morgan fingerprint density at radius 2 is 2.08 bits per heavy atom. The minimum Gasteiger partial charge on any atom is -0.494 e. The highest BCUT2D eigenvalue weighted by Gasteiger charge is 2.29. The number of aryl methyl sites for hydroxylation is 1. The molecule has 24 heavy (non-hydrogen) atoms. The van der Waals surface area contributed by atoms with Crippen LogP contribution >= 0.6 is 0 Å². The zero-order valence-corrected chi connectivity index (χ0v) is 14.6. The van der Waals surface area contributed by atoms with Gasteiger partial charge < -0.3 is 14.6 Å². The number of sulfone groups is 1. The number of nitrogens with zero attached hydrogens (tertiary/aromatic N) is 1. The molecule has 1 aromatic heterocycles. The second-order valence-corrected chi connectivity index (χ2v) is 7.62. The summed E-state index contributed by atoms with van der Waals surface area (Å²) in [5.74, 6) is 0.275. The molecule has 0 fully saturated rings. The van der Waals surface area contributed by atoms with E-state index in [1.54, 1.807) is 31.2 Å². The van der Waals surface area contributed by atoms with E-state index in [4.69, 9.17) is 9.26 Å². The van der Waals surface area contributed by atoms with Gasteiger partial charge in [0.05, 0.1) is 12.4 Å². The molecule has 0 aliphatic rings. The first-order chi connectivity index (χ1) is 11.3. The standard InChI is InChI=1S/C16H20N2O5S/c1-4-22-14-8-6-5-7-13(14)10-24(20,21)12(3)16(19)17-15-9-11(2)23-18-15/h5-9,12H,4,10H2,1-3H3,(H,17,18,19). The molecule has 0 bridgehead atoms. The van der Waals surface area contributed by atoms with Crippen LogP contribution in [0.25, 0.3) is 0 Å². The minimum absolute atomic E-state index is 0.189. The van der Waals surface area contributed by atoms with Crippen molar-refractivity contribution in [1.82, 2.24) is 5.16 Å². The molecule has 2 rings (SSSR count). The molecular weight excluding hydrogens is 332 g/mol. The highest BCUT2D eigenvalue weighted by atomic mass is 32.2. The van der Waals surface area contributed by atoms with Gasteiger partial charge in [-0.2, -0.15) is 0 Å². The number of ether oxygens (including phenoxy) is 1. The summed E-state index contributed by atoms with van der Waals surface area (Å²) in [6, 6.07) is 8.40. The van der Waals surface area contributed by atoms with E-state index in [-0.39, 0.29) is 11.6 Å². The SMILES string of the molecule is CCOc1ccccc1CS(=O)(=O)C(C)C(=O)Nc1cc(C)on1. The number of rotatable bonds is 7. The van der Waals surface area contributed by atoms with Gasteiger partial charge >= 0.3 is 0 Å². The summed E-state index contributed by atoms with van der Waals surface area (Å²) in [5.41, 5.74) is 0.524. The van der Waals surface area contributed by atoms with Gasteiger partial charge in [0, 0.05) is 11.6 Å². The molecule has 0 aliphatic heterocycles. The Hall–Kier alpha value is -2.35.